The average molecular weight is 501 g/mol. The van der Waals surface area contributed by atoms with Gasteiger partial charge in [-0.2, -0.15) is 0 Å². The first kappa shape index (κ1) is 33.9. The second-order valence-electron chi connectivity index (χ2n) is 14.7. The topological polar surface area (TPSA) is 61.8 Å². The van der Waals surface area contributed by atoms with Crippen LogP contribution in [0.25, 0.3) is 0 Å². The molecule has 0 amide bonds. The molecule has 0 fully saturated rings. The van der Waals surface area contributed by atoms with Crippen LogP contribution in [-0.2, 0) is 23.8 Å². The maximum atomic E-state index is 13.4. The number of rotatable bonds is 16. The van der Waals surface area contributed by atoms with E-state index in [1.807, 2.05) is 41.5 Å². The van der Waals surface area contributed by atoms with Crippen molar-refractivity contribution in [2.75, 3.05) is 47.5 Å². The van der Waals surface area contributed by atoms with Gasteiger partial charge in [-0.3, -0.25) is 9.59 Å². The number of esters is 2. The van der Waals surface area contributed by atoms with Gasteiger partial charge in [0, 0.05) is 5.41 Å². The first-order valence-corrected chi connectivity index (χ1v) is 13.3. The molecule has 1 unspecified atom stereocenters. The van der Waals surface area contributed by atoms with Crippen LogP contribution in [0.3, 0.4) is 0 Å². The van der Waals surface area contributed by atoms with Crippen molar-refractivity contribution < 1.29 is 28.3 Å². The summed E-state index contributed by atoms with van der Waals surface area (Å²) in [5.41, 5.74) is -2.17. The van der Waals surface area contributed by atoms with Gasteiger partial charge in [0.2, 0.25) is 0 Å². The Labute approximate surface area is 217 Å². The first-order chi connectivity index (χ1) is 15.5. The minimum Gasteiger partial charge on any atom is -0.465 e. The molecule has 208 valence electrons. The fourth-order valence-corrected chi connectivity index (χ4v) is 4.89. The van der Waals surface area contributed by atoms with Crippen LogP contribution in [0.1, 0.15) is 102 Å². The molecule has 0 aromatic heterocycles. The quantitative estimate of drug-likeness (QED) is 0.185. The molecule has 0 aromatic rings. The lowest BCUT2D eigenvalue weighted by molar-refractivity contribution is -0.877. The van der Waals surface area contributed by atoms with Crippen molar-refractivity contribution in [3.8, 4) is 0 Å². The van der Waals surface area contributed by atoms with Gasteiger partial charge in [0.25, 0.3) is 0 Å². The Morgan fingerprint density at radius 2 is 1.23 bits per heavy atom. The predicted molar refractivity (Wildman–Crippen MR) is 144 cm³/mol. The summed E-state index contributed by atoms with van der Waals surface area (Å²) in [6, 6.07) is 0. The molecule has 6 heteroatoms. The van der Waals surface area contributed by atoms with E-state index in [1.54, 1.807) is 6.92 Å². The minimum absolute atomic E-state index is 0.0645. The Morgan fingerprint density at radius 3 is 1.69 bits per heavy atom. The molecule has 0 aromatic carbocycles. The highest BCUT2D eigenvalue weighted by Crippen LogP contribution is 2.36. The lowest BCUT2D eigenvalue weighted by Crippen LogP contribution is -2.46. The van der Waals surface area contributed by atoms with Gasteiger partial charge in [0.15, 0.2) is 0 Å². The Bertz CT molecular complexity index is 688. The summed E-state index contributed by atoms with van der Waals surface area (Å²) in [4.78, 5) is 26.2. The third kappa shape index (κ3) is 13.1. The van der Waals surface area contributed by atoms with Crippen molar-refractivity contribution >= 4 is 11.9 Å². The summed E-state index contributed by atoms with van der Waals surface area (Å²) >= 11 is 0. The molecule has 1 atom stereocenters. The molecule has 0 saturated heterocycles. The van der Waals surface area contributed by atoms with E-state index in [9.17, 15) is 9.59 Å². The van der Waals surface area contributed by atoms with Crippen molar-refractivity contribution in [2.24, 2.45) is 21.7 Å². The number of ether oxygens (including phenoxy) is 3. The third-order valence-electron chi connectivity index (χ3n) is 6.53. The average Bonchev–Trinajstić information content (AvgIpc) is 2.65. The number of carbonyl (C=O) groups is 2. The van der Waals surface area contributed by atoms with Gasteiger partial charge in [-0.05, 0) is 59.3 Å². The molecule has 0 bridgehead atoms. The highest BCUT2D eigenvalue weighted by atomic mass is 16.6. The number of quaternary nitrogens is 1. The number of hydrogen-bond acceptors (Lipinski definition) is 5. The van der Waals surface area contributed by atoms with E-state index in [0.717, 1.165) is 36.7 Å². The van der Waals surface area contributed by atoms with Gasteiger partial charge in [-0.1, -0.05) is 48.0 Å². The van der Waals surface area contributed by atoms with Gasteiger partial charge in [0.1, 0.15) is 12.0 Å². The maximum Gasteiger partial charge on any atom is 0.317 e. The fourth-order valence-electron chi connectivity index (χ4n) is 4.89. The second kappa shape index (κ2) is 12.4. The van der Waals surface area contributed by atoms with E-state index in [2.05, 4.69) is 48.8 Å². The molecule has 0 saturated carbocycles. The largest absolute Gasteiger partial charge is 0.465 e. The Morgan fingerprint density at radius 1 is 0.714 bits per heavy atom. The molecule has 0 heterocycles. The summed E-state index contributed by atoms with van der Waals surface area (Å²) in [6.07, 6.45) is 3.33. The summed E-state index contributed by atoms with van der Waals surface area (Å²) in [5.74, 6) is -0.682. The highest BCUT2D eigenvalue weighted by Gasteiger charge is 2.42. The van der Waals surface area contributed by atoms with E-state index in [1.165, 1.54) is 0 Å². The molecule has 0 radical (unpaired) electrons. The van der Waals surface area contributed by atoms with Crippen molar-refractivity contribution in [2.45, 2.75) is 107 Å². The van der Waals surface area contributed by atoms with E-state index >= 15 is 0 Å². The van der Waals surface area contributed by atoms with Gasteiger partial charge in [0.05, 0.1) is 51.9 Å². The Kier molecular flexibility index (Phi) is 12.0. The smallest absolute Gasteiger partial charge is 0.317 e. The monoisotopic (exact) mass is 500 g/mol. The highest BCUT2D eigenvalue weighted by molar-refractivity contribution is 5.79. The Hall–Kier alpha value is -1.14. The molecule has 0 rings (SSSR count). The molecule has 0 aliphatic rings. The van der Waals surface area contributed by atoms with E-state index in [0.29, 0.717) is 6.61 Å². The van der Waals surface area contributed by atoms with Crippen LogP contribution in [0.2, 0.25) is 0 Å². The van der Waals surface area contributed by atoms with Crippen LogP contribution < -0.4 is 0 Å². The molecule has 35 heavy (non-hydrogen) atoms. The van der Waals surface area contributed by atoms with Crippen LogP contribution in [0.15, 0.2) is 0 Å². The molecule has 0 aliphatic heterocycles. The van der Waals surface area contributed by atoms with Gasteiger partial charge < -0.3 is 18.7 Å². The number of carbonyl (C=O) groups excluding carboxylic acids is 2. The van der Waals surface area contributed by atoms with E-state index < -0.39 is 10.8 Å². The van der Waals surface area contributed by atoms with Crippen molar-refractivity contribution in [1.82, 2.24) is 0 Å². The maximum absolute atomic E-state index is 13.4. The second-order valence-corrected chi connectivity index (χ2v) is 14.7. The van der Waals surface area contributed by atoms with Crippen molar-refractivity contribution in [1.29, 1.82) is 0 Å². The summed E-state index contributed by atoms with van der Waals surface area (Å²) < 4.78 is 18.6. The number of nitrogens with zero attached hydrogens (tertiary/aromatic N) is 1. The molecule has 0 N–H and O–H groups in total. The number of hydrogen-bond donors (Lipinski definition) is 0. The fraction of sp³-hybridized carbons (Fsp3) is 0.931. The molecular formula is C29H58NO5+. The van der Waals surface area contributed by atoms with E-state index in [4.69, 9.17) is 14.2 Å². The zero-order valence-corrected chi connectivity index (χ0v) is 25.6. The predicted octanol–water partition coefficient (Wildman–Crippen LogP) is 6.26. The molecule has 6 nitrogen and oxygen atoms in total. The van der Waals surface area contributed by atoms with Gasteiger partial charge in [-0.25, -0.2) is 0 Å². The van der Waals surface area contributed by atoms with Crippen LogP contribution in [0.5, 0.6) is 0 Å². The lowest BCUT2D eigenvalue weighted by Gasteiger charge is -2.39. The first-order valence-electron chi connectivity index (χ1n) is 13.3. The van der Waals surface area contributed by atoms with Gasteiger partial charge >= 0.3 is 11.9 Å². The summed E-state index contributed by atoms with van der Waals surface area (Å²) in [7, 11) is 6.59. The van der Waals surface area contributed by atoms with Crippen molar-refractivity contribution in [3.05, 3.63) is 0 Å². The van der Waals surface area contributed by atoms with Crippen LogP contribution in [-0.4, -0.2) is 69.5 Å². The molecule has 0 aliphatic carbocycles. The Balaban J connectivity index is 5.48. The van der Waals surface area contributed by atoms with Crippen molar-refractivity contribution in [3.63, 3.8) is 0 Å². The minimum atomic E-state index is -1.09. The summed E-state index contributed by atoms with van der Waals surface area (Å²) in [6.45, 7) is 23.8. The van der Waals surface area contributed by atoms with E-state index in [-0.39, 0.29) is 41.6 Å². The zero-order valence-electron chi connectivity index (χ0n) is 25.6. The third-order valence-corrected chi connectivity index (χ3v) is 6.53. The lowest BCUT2D eigenvalue weighted by atomic mass is 9.75. The summed E-state index contributed by atoms with van der Waals surface area (Å²) in [5, 5.41) is 0. The zero-order chi connectivity index (χ0) is 27.9. The standard InChI is InChI=1S/C29H58NO5/c1-15-17-27(7,8)23(31)34-21-29(11,22-35-28(9,10)16-2)24(32)33-20-26(5,6)18-25(3,4)19-30(12,13)14/h15-22H2,1-14H3/q+1. The molecular weight excluding hydrogens is 442 g/mol. The van der Waals surface area contributed by atoms with Gasteiger partial charge in [-0.15, -0.1) is 0 Å². The van der Waals surface area contributed by atoms with Crippen LogP contribution in [0.4, 0.5) is 0 Å². The normalized spacial score (nSPS) is 15.5. The van der Waals surface area contributed by atoms with Crippen LogP contribution >= 0.6 is 0 Å². The SMILES string of the molecule is CCCC(C)(C)C(=O)OCC(C)(COC(C)(C)CC)C(=O)OCC(C)(C)CC(C)(C)C[N+](C)(C)C. The molecule has 0 spiro atoms. The van der Waals surface area contributed by atoms with Crippen LogP contribution in [0, 0.1) is 21.7 Å².